The predicted octanol–water partition coefficient (Wildman–Crippen LogP) is 8.02. The summed E-state index contributed by atoms with van der Waals surface area (Å²) in [5, 5.41) is 8.76. The van der Waals surface area contributed by atoms with Gasteiger partial charge in [0.15, 0.2) is 5.13 Å². The molecule has 3 amide bonds. The first-order valence-electron chi connectivity index (χ1n) is 15.3. The molecule has 1 unspecified atom stereocenters. The SMILES string of the molecule is Cc1ccc(-c2nc(NC(=O)C(C)Sc3cccc(NC(=O)/C(=C\c4ccc(N(C)C)cc4)NC(=O)c4ccccc4)c3)sc2C)cc1. The van der Waals surface area contributed by atoms with E-state index in [1.54, 1.807) is 42.5 Å². The standard InChI is InChI=1S/C38H37N5O3S2/c1-24-14-18-28(19-15-24)34-25(2)48-38(41-34)42-35(44)26(3)47-32-13-9-12-30(23-32)39-37(46)33(40-36(45)29-10-7-6-8-11-29)22-27-16-20-31(21-17-27)43(4)5/h6-23,26H,1-5H3,(H,39,46)(H,40,45)(H,41,42,44)/b33-22+. The average Bonchev–Trinajstić information content (AvgIpc) is 3.44. The number of amides is 3. The van der Waals surface area contributed by atoms with Crippen LogP contribution in [0.15, 0.2) is 114 Å². The third kappa shape index (κ3) is 8.99. The van der Waals surface area contributed by atoms with Crippen LogP contribution in [0.3, 0.4) is 0 Å². The van der Waals surface area contributed by atoms with Gasteiger partial charge in [0, 0.05) is 46.4 Å². The molecular weight excluding hydrogens is 639 g/mol. The molecule has 244 valence electrons. The van der Waals surface area contributed by atoms with Crippen LogP contribution in [0.25, 0.3) is 17.3 Å². The number of aromatic nitrogens is 1. The Morgan fingerprint density at radius 2 is 1.56 bits per heavy atom. The molecule has 3 N–H and O–H groups in total. The number of aryl methyl sites for hydroxylation is 2. The Bertz CT molecular complexity index is 1940. The number of thiazole rings is 1. The van der Waals surface area contributed by atoms with Crippen molar-refractivity contribution in [2.75, 3.05) is 29.6 Å². The largest absolute Gasteiger partial charge is 0.378 e. The maximum absolute atomic E-state index is 13.6. The molecule has 0 aliphatic rings. The lowest BCUT2D eigenvalue weighted by molar-refractivity contribution is -0.115. The quantitative estimate of drug-likeness (QED) is 0.0968. The molecule has 48 heavy (non-hydrogen) atoms. The molecule has 0 radical (unpaired) electrons. The van der Waals surface area contributed by atoms with Crippen LogP contribution in [-0.2, 0) is 9.59 Å². The van der Waals surface area contributed by atoms with Crippen molar-refractivity contribution in [2.45, 2.75) is 30.9 Å². The zero-order valence-electron chi connectivity index (χ0n) is 27.4. The number of hydrogen-bond donors (Lipinski definition) is 3. The molecule has 8 nitrogen and oxygen atoms in total. The number of nitrogens with zero attached hydrogens (tertiary/aromatic N) is 2. The zero-order chi connectivity index (χ0) is 34.2. The van der Waals surface area contributed by atoms with E-state index in [1.165, 1.54) is 28.7 Å². The van der Waals surface area contributed by atoms with Gasteiger partial charge in [-0.1, -0.05) is 66.2 Å². The Hall–Kier alpha value is -5.19. The molecule has 1 heterocycles. The Morgan fingerprint density at radius 3 is 2.25 bits per heavy atom. The summed E-state index contributed by atoms with van der Waals surface area (Å²) in [6.45, 7) is 5.86. The molecule has 0 aliphatic heterocycles. The Morgan fingerprint density at radius 1 is 0.854 bits per heavy atom. The molecule has 0 aliphatic carbocycles. The smallest absolute Gasteiger partial charge is 0.272 e. The van der Waals surface area contributed by atoms with Gasteiger partial charge < -0.3 is 20.9 Å². The van der Waals surface area contributed by atoms with Crippen molar-refractivity contribution in [1.29, 1.82) is 0 Å². The summed E-state index contributed by atoms with van der Waals surface area (Å²) in [7, 11) is 3.90. The minimum absolute atomic E-state index is 0.0935. The maximum atomic E-state index is 13.6. The first kappa shape index (κ1) is 34.2. The topological polar surface area (TPSA) is 103 Å². The van der Waals surface area contributed by atoms with E-state index >= 15 is 0 Å². The van der Waals surface area contributed by atoms with E-state index in [-0.39, 0.29) is 11.6 Å². The van der Waals surface area contributed by atoms with Gasteiger partial charge in [0.1, 0.15) is 5.70 Å². The fraction of sp³-hybridized carbons (Fsp3) is 0.158. The summed E-state index contributed by atoms with van der Waals surface area (Å²) in [6.07, 6.45) is 1.64. The summed E-state index contributed by atoms with van der Waals surface area (Å²) in [6, 6.07) is 31.8. The molecule has 1 atom stereocenters. The average molecular weight is 676 g/mol. The van der Waals surface area contributed by atoms with Crippen molar-refractivity contribution in [1.82, 2.24) is 10.3 Å². The van der Waals surface area contributed by atoms with Gasteiger partial charge in [-0.15, -0.1) is 23.1 Å². The van der Waals surface area contributed by atoms with Crippen LogP contribution in [0, 0.1) is 13.8 Å². The van der Waals surface area contributed by atoms with Crippen LogP contribution in [0.2, 0.25) is 0 Å². The molecule has 1 aromatic heterocycles. The minimum atomic E-state index is -0.479. The number of carbonyl (C=O) groups is 3. The van der Waals surface area contributed by atoms with Gasteiger partial charge in [-0.2, -0.15) is 0 Å². The second-order valence-electron chi connectivity index (χ2n) is 11.4. The summed E-state index contributed by atoms with van der Waals surface area (Å²) in [4.78, 5) is 48.2. The highest BCUT2D eigenvalue weighted by atomic mass is 32.2. The number of carbonyl (C=O) groups excluding carboxylic acids is 3. The van der Waals surface area contributed by atoms with Crippen LogP contribution in [0.4, 0.5) is 16.5 Å². The van der Waals surface area contributed by atoms with E-state index in [2.05, 4.69) is 20.9 Å². The molecule has 0 saturated heterocycles. The third-order valence-corrected chi connectivity index (χ3v) is 9.35. The molecule has 0 spiro atoms. The number of nitrogens with one attached hydrogen (secondary N) is 3. The maximum Gasteiger partial charge on any atom is 0.272 e. The van der Waals surface area contributed by atoms with Crippen molar-refractivity contribution in [2.24, 2.45) is 0 Å². The molecule has 10 heteroatoms. The number of anilines is 3. The number of benzene rings is 4. The van der Waals surface area contributed by atoms with E-state index in [4.69, 9.17) is 0 Å². The Kier molecular flexibility index (Phi) is 11.1. The van der Waals surface area contributed by atoms with E-state index in [0.29, 0.717) is 16.4 Å². The summed E-state index contributed by atoms with van der Waals surface area (Å²) in [5.74, 6) is -1.05. The van der Waals surface area contributed by atoms with Gasteiger partial charge in [0.05, 0.1) is 10.9 Å². The normalized spacial score (nSPS) is 11.8. The second kappa shape index (κ2) is 15.6. The lowest BCUT2D eigenvalue weighted by atomic mass is 10.1. The van der Waals surface area contributed by atoms with Crippen molar-refractivity contribution < 1.29 is 14.4 Å². The van der Waals surface area contributed by atoms with Crippen molar-refractivity contribution in [3.63, 3.8) is 0 Å². The molecule has 5 aromatic rings. The number of thioether (sulfide) groups is 1. The van der Waals surface area contributed by atoms with Crippen LogP contribution >= 0.6 is 23.1 Å². The van der Waals surface area contributed by atoms with Crippen molar-refractivity contribution in [3.8, 4) is 11.3 Å². The van der Waals surface area contributed by atoms with Crippen LogP contribution in [-0.4, -0.2) is 42.1 Å². The lowest BCUT2D eigenvalue weighted by Gasteiger charge is -2.14. The summed E-state index contributed by atoms with van der Waals surface area (Å²) < 4.78 is 0. The molecular formula is C38H37N5O3S2. The molecule has 5 rings (SSSR count). The lowest BCUT2D eigenvalue weighted by Crippen LogP contribution is -2.30. The van der Waals surface area contributed by atoms with Crippen molar-refractivity contribution in [3.05, 3.63) is 130 Å². The highest BCUT2D eigenvalue weighted by Gasteiger charge is 2.19. The van der Waals surface area contributed by atoms with E-state index in [1.807, 2.05) is 106 Å². The van der Waals surface area contributed by atoms with Gasteiger partial charge in [-0.05, 0) is 74.9 Å². The molecule has 4 aromatic carbocycles. The Labute approximate surface area is 289 Å². The first-order valence-corrected chi connectivity index (χ1v) is 17.0. The zero-order valence-corrected chi connectivity index (χ0v) is 29.0. The van der Waals surface area contributed by atoms with E-state index in [9.17, 15) is 14.4 Å². The van der Waals surface area contributed by atoms with Crippen LogP contribution in [0.1, 0.15) is 33.3 Å². The first-order chi connectivity index (χ1) is 23.0. The monoisotopic (exact) mass is 675 g/mol. The van der Waals surface area contributed by atoms with Gasteiger partial charge in [-0.25, -0.2) is 4.98 Å². The van der Waals surface area contributed by atoms with Crippen molar-refractivity contribution >= 4 is 63.4 Å². The number of rotatable bonds is 11. The number of hydrogen-bond acceptors (Lipinski definition) is 7. The minimum Gasteiger partial charge on any atom is -0.378 e. The van der Waals surface area contributed by atoms with Gasteiger partial charge in [0.25, 0.3) is 11.8 Å². The predicted molar refractivity (Wildman–Crippen MR) is 199 cm³/mol. The van der Waals surface area contributed by atoms with Gasteiger partial charge in [-0.3, -0.25) is 14.4 Å². The highest BCUT2D eigenvalue weighted by molar-refractivity contribution is 8.00. The summed E-state index contributed by atoms with van der Waals surface area (Å²) >= 11 is 2.81. The fourth-order valence-corrected chi connectivity index (χ4v) is 6.48. The highest BCUT2D eigenvalue weighted by Crippen LogP contribution is 2.32. The Balaban J connectivity index is 1.27. The van der Waals surface area contributed by atoms with Crippen LogP contribution < -0.4 is 20.9 Å². The van der Waals surface area contributed by atoms with E-state index < -0.39 is 17.1 Å². The van der Waals surface area contributed by atoms with Gasteiger partial charge in [0.2, 0.25) is 5.91 Å². The fourth-order valence-electron chi connectivity index (χ4n) is 4.72. The third-order valence-electron chi connectivity index (χ3n) is 7.38. The molecule has 0 bridgehead atoms. The molecule has 0 saturated carbocycles. The molecule has 0 fully saturated rings. The summed E-state index contributed by atoms with van der Waals surface area (Å²) in [5.41, 5.74) is 5.86. The van der Waals surface area contributed by atoms with Crippen LogP contribution in [0.5, 0.6) is 0 Å². The second-order valence-corrected chi connectivity index (χ2v) is 14.0. The van der Waals surface area contributed by atoms with Gasteiger partial charge >= 0.3 is 0 Å². The van der Waals surface area contributed by atoms with E-state index in [0.717, 1.165) is 32.3 Å².